The highest BCUT2D eigenvalue weighted by molar-refractivity contribution is 7.17. The van der Waals surface area contributed by atoms with Gasteiger partial charge >= 0.3 is 0 Å². The van der Waals surface area contributed by atoms with Crippen LogP contribution in [0.2, 0.25) is 0 Å². The molecule has 0 atom stereocenters. The molecule has 0 aliphatic carbocycles. The van der Waals surface area contributed by atoms with E-state index >= 15 is 0 Å². The lowest BCUT2D eigenvalue weighted by Crippen LogP contribution is -2.46. The van der Waals surface area contributed by atoms with E-state index in [0.717, 1.165) is 72.3 Å². The third kappa shape index (κ3) is 5.20. The van der Waals surface area contributed by atoms with E-state index in [2.05, 4.69) is 19.6 Å². The lowest BCUT2D eigenvalue weighted by molar-refractivity contribution is 0.0788. The number of thiophene rings is 1. The number of nitrogens with zero attached hydrogens (tertiary/aromatic N) is 4. The van der Waals surface area contributed by atoms with Gasteiger partial charge in [-0.2, -0.15) is 4.37 Å². The lowest BCUT2D eigenvalue weighted by atomic mass is 10.2. The Morgan fingerprint density at radius 3 is 2.68 bits per heavy atom. The molecule has 3 heterocycles. The minimum absolute atomic E-state index is 0. The van der Waals surface area contributed by atoms with Crippen LogP contribution in [0.15, 0.2) is 47.8 Å². The first-order valence-corrected chi connectivity index (χ1v) is 13.0. The van der Waals surface area contributed by atoms with Crippen molar-refractivity contribution in [3.05, 3.63) is 59.4 Å². The van der Waals surface area contributed by atoms with Gasteiger partial charge in [0.25, 0.3) is 5.91 Å². The Morgan fingerprint density at radius 2 is 1.85 bits per heavy atom. The average Bonchev–Trinajstić information content (AvgIpc) is 3.45. The molecule has 0 radical (unpaired) electrons. The van der Waals surface area contributed by atoms with E-state index in [9.17, 15) is 9.18 Å². The molecule has 9 heteroatoms. The lowest BCUT2D eigenvalue weighted by Gasteiger charge is -2.36. The number of aromatic nitrogens is 1. The summed E-state index contributed by atoms with van der Waals surface area (Å²) in [4.78, 5) is 19.5. The van der Waals surface area contributed by atoms with Crippen molar-refractivity contribution in [2.45, 2.75) is 12.8 Å². The van der Waals surface area contributed by atoms with Crippen LogP contribution in [-0.4, -0.2) is 66.4 Å². The van der Waals surface area contributed by atoms with Gasteiger partial charge in [-0.25, -0.2) is 4.39 Å². The number of fused-ring (bicyclic) bond motifs is 2. The summed E-state index contributed by atoms with van der Waals surface area (Å²) in [7, 11) is 1.87. The maximum atomic E-state index is 13.5. The zero-order valence-electron chi connectivity index (χ0n) is 19.1. The molecule has 1 amide bonds. The van der Waals surface area contributed by atoms with E-state index in [1.807, 2.05) is 37.4 Å². The van der Waals surface area contributed by atoms with Crippen molar-refractivity contribution in [1.82, 2.24) is 14.2 Å². The second-order valence-corrected chi connectivity index (χ2v) is 10.3. The SMILES string of the molecule is CN(CCCCN1CCN(c2csc3cc(F)ccc23)CC1)C(=O)c1nsc2ccccc12.Cl. The van der Waals surface area contributed by atoms with Crippen molar-refractivity contribution in [3.63, 3.8) is 0 Å². The molecule has 5 nitrogen and oxygen atoms in total. The van der Waals surface area contributed by atoms with Crippen LogP contribution in [0.4, 0.5) is 10.1 Å². The maximum Gasteiger partial charge on any atom is 0.273 e. The van der Waals surface area contributed by atoms with Gasteiger partial charge in [0.05, 0.1) is 10.4 Å². The van der Waals surface area contributed by atoms with Crippen molar-refractivity contribution in [2.24, 2.45) is 0 Å². The molecule has 0 saturated carbocycles. The summed E-state index contributed by atoms with van der Waals surface area (Å²) in [5.74, 6) is -0.170. The predicted molar refractivity (Wildman–Crippen MR) is 143 cm³/mol. The molecule has 5 rings (SSSR count). The Balaban J connectivity index is 0.00000274. The Hall–Kier alpha value is -2.26. The van der Waals surface area contributed by atoms with Gasteiger partial charge in [-0.15, -0.1) is 23.7 Å². The number of anilines is 1. The highest BCUT2D eigenvalue weighted by Crippen LogP contribution is 2.34. The van der Waals surface area contributed by atoms with Crippen molar-refractivity contribution < 1.29 is 9.18 Å². The van der Waals surface area contributed by atoms with Gasteiger partial charge in [0, 0.05) is 60.6 Å². The monoisotopic (exact) mass is 518 g/mol. The Kier molecular flexibility index (Phi) is 8.03. The van der Waals surface area contributed by atoms with Gasteiger partial charge in [-0.1, -0.05) is 18.2 Å². The van der Waals surface area contributed by atoms with E-state index in [1.165, 1.54) is 17.2 Å². The molecule has 4 aromatic rings. The minimum Gasteiger partial charge on any atom is -0.368 e. The van der Waals surface area contributed by atoms with Gasteiger partial charge in [-0.3, -0.25) is 9.69 Å². The Morgan fingerprint density at radius 1 is 1.06 bits per heavy atom. The van der Waals surface area contributed by atoms with Crippen molar-refractivity contribution >= 4 is 67.0 Å². The summed E-state index contributed by atoms with van der Waals surface area (Å²) in [5, 5.41) is 4.24. The van der Waals surface area contributed by atoms with Crippen LogP contribution < -0.4 is 4.90 Å². The van der Waals surface area contributed by atoms with Gasteiger partial charge in [0.2, 0.25) is 0 Å². The van der Waals surface area contributed by atoms with Crippen LogP contribution in [-0.2, 0) is 0 Å². The van der Waals surface area contributed by atoms with Crippen molar-refractivity contribution in [3.8, 4) is 0 Å². The zero-order chi connectivity index (χ0) is 22.8. The molecule has 2 aromatic heterocycles. The van der Waals surface area contributed by atoms with Crippen molar-refractivity contribution in [2.75, 3.05) is 51.2 Å². The van der Waals surface area contributed by atoms with Crippen LogP contribution in [0.5, 0.6) is 0 Å². The first kappa shape index (κ1) is 24.9. The number of hydrogen-bond donors (Lipinski definition) is 0. The van der Waals surface area contributed by atoms with E-state index < -0.39 is 0 Å². The summed E-state index contributed by atoms with van der Waals surface area (Å²) in [6.07, 6.45) is 2.04. The highest BCUT2D eigenvalue weighted by Gasteiger charge is 2.20. The topological polar surface area (TPSA) is 39.7 Å². The number of hydrogen-bond acceptors (Lipinski definition) is 6. The second kappa shape index (κ2) is 11.0. The zero-order valence-corrected chi connectivity index (χ0v) is 21.5. The summed E-state index contributed by atoms with van der Waals surface area (Å²) < 4.78 is 19.9. The summed E-state index contributed by atoms with van der Waals surface area (Å²) >= 11 is 3.00. The predicted octanol–water partition coefficient (Wildman–Crippen LogP) is 5.75. The number of carbonyl (C=O) groups excluding carboxylic acids is 1. The molecule has 0 N–H and O–H groups in total. The number of rotatable bonds is 7. The molecule has 180 valence electrons. The fraction of sp³-hybridized carbons (Fsp3) is 0.360. The first-order valence-electron chi connectivity index (χ1n) is 11.3. The van der Waals surface area contributed by atoms with E-state index in [-0.39, 0.29) is 24.1 Å². The Bertz CT molecular complexity index is 1270. The largest absolute Gasteiger partial charge is 0.368 e. The van der Waals surface area contributed by atoms with Gasteiger partial charge in [-0.05, 0) is 55.2 Å². The molecule has 1 aliphatic heterocycles. The van der Waals surface area contributed by atoms with Gasteiger partial charge in [0.15, 0.2) is 0 Å². The number of unbranched alkanes of at least 4 members (excludes halogenated alkanes) is 1. The standard InChI is InChI=1S/C25H27FN4OS2.ClH/c1-28(25(31)24-20-6-2-3-7-22(20)33-27-24)10-4-5-11-29-12-14-30(15-13-29)21-17-32-23-16-18(26)8-9-19(21)23;/h2-3,6-9,16-17H,4-5,10-15H2,1H3;1H. The summed E-state index contributed by atoms with van der Waals surface area (Å²) in [6, 6.07) is 13.0. The minimum atomic E-state index is -0.173. The van der Waals surface area contributed by atoms with E-state index in [1.54, 1.807) is 28.4 Å². The fourth-order valence-corrected chi connectivity index (χ4v) is 6.22. The number of halogens is 2. The van der Waals surface area contributed by atoms with Crippen LogP contribution in [0.1, 0.15) is 23.3 Å². The molecule has 1 saturated heterocycles. The second-order valence-electron chi connectivity index (χ2n) is 8.55. The fourth-order valence-electron chi connectivity index (χ4n) is 4.45. The first-order chi connectivity index (χ1) is 16.1. The molecule has 1 aliphatic rings. The molecule has 0 unspecified atom stereocenters. The third-order valence-electron chi connectivity index (χ3n) is 6.37. The van der Waals surface area contributed by atoms with Crippen LogP contribution >= 0.6 is 35.3 Å². The molecular weight excluding hydrogens is 491 g/mol. The quantitative estimate of drug-likeness (QED) is 0.292. The molecule has 34 heavy (non-hydrogen) atoms. The third-order valence-corrected chi connectivity index (χ3v) is 8.13. The molecule has 0 bridgehead atoms. The van der Waals surface area contributed by atoms with Gasteiger partial charge < -0.3 is 9.80 Å². The molecule has 0 spiro atoms. The smallest absolute Gasteiger partial charge is 0.273 e. The summed E-state index contributed by atoms with van der Waals surface area (Å²) in [6.45, 7) is 5.81. The van der Waals surface area contributed by atoms with Crippen LogP contribution in [0.25, 0.3) is 20.2 Å². The number of amides is 1. The Labute approximate surface area is 213 Å². The highest BCUT2D eigenvalue weighted by atomic mass is 35.5. The molecule has 2 aromatic carbocycles. The van der Waals surface area contributed by atoms with Crippen molar-refractivity contribution in [1.29, 1.82) is 0 Å². The van der Waals surface area contributed by atoms with Crippen LogP contribution in [0, 0.1) is 5.82 Å². The molecule has 1 fully saturated rings. The normalized spacial score (nSPS) is 14.5. The number of benzene rings is 2. The number of carbonyl (C=O) groups is 1. The number of piperazine rings is 1. The molecular formula is C25H28ClFN4OS2. The maximum absolute atomic E-state index is 13.5. The van der Waals surface area contributed by atoms with Crippen LogP contribution in [0.3, 0.4) is 0 Å². The summed E-state index contributed by atoms with van der Waals surface area (Å²) in [5.41, 5.74) is 1.79. The van der Waals surface area contributed by atoms with Gasteiger partial charge in [0.1, 0.15) is 11.5 Å². The van der Waals surface area contributed by atoms with E-state index in [4.69, 9.17) is 0 Å². The van der Waals surface area contributed by atoms with E-state index in [0.29, 0.717) is 5.69 Å². The average molecular weight is 519 g/mol.